The monoisotopic (exact) mass is 942 g/mol. The molecule has 4 aromatic rings. The van der Waals surface area contributed by atoms with E-state index in [1.54, 1.807) is 11.1 Å². The zero-order chi connectivity index (χ0) is 41.9. The summed E-state index contributed by atoms with van der Waals surface area (Å²) in [5.74, 6) is 1.41. The Kier molecular flexibility index (Phi) is 14.3. The Balaban J connectivity index is 0.00000162. The molecular weight excluding hydrogens is 880 g/mol. The average molecular weight is 943 g/mol. The summed E-state index contributed by atoms with van der Waals surface area (Å²) < 4.78 is 0. The van der Waals surface area contributed by atoms with Gasteiger partial charge in [0.15, 0.2) is 0 Å². The molecular formula is C54H63Cl2N2PRu. The quantitative estimate of drug-likeness (QED) is 0.140. The third-order valence-electron chi connectivity index (χ3n) is 13.9. The molecule has 3 fully saturated rings. The van der Waals surface area contributed by atoms with E-state index in [9.17, 15) is 0 Å². The van der Waals surface area contributed by atoms with E-state index in [2.05, 4.69) is 149 Å². The molecule has 0 N–H and O–H groups in total. The number of benzene rings is 4. The summed E-state index contributed by atoms with van der Waals surface area (Å²) in [6.07, 6.45) is 25.4. The molecule has 316 valence electrons. The van der Waals surface area contributed by atoms with Gasteiger partial charge in [-0.2, -0.15) is 0 Å². The van der Waals surface area contributed by atoms with Crippen molar-refractivity contribution in [2.45, 2.75) is 142 Å². The van der Waals surface area contributed by atoms with Gasteiger partial charge in [0.05, 0.1) is 11.4 Å². The van der Waals surface area contributed by atoms with Crippen LogP contribution in [0.1, 0.15) is 134 Å². The molecule has 3 saturated carbocycles. The van der Waals surface area contributed by atoms with Gasteiger partial charge in [-0.3, -0.25) is 0 Å². The molecule has 0 amide bonds. The fraction of sp³-hybridized carbons (Fsp3) is 0.407. The zero-order valence-electron chi connectivity index (χ0n) is 36.6. The van der Waals surface area contributed by atoms with Crippen molar-refractivity contribution in [2.24, 2.45) is 0 Å². The first kappa shape index (κ1) is 43.7. The Bertz CT molecular complexity index is 2180. The maximum absolute atomic E-state index is 4.85. The molecule has 60 heavy (non-hydrogen) atoms. The topological polar surface area (TPSA) is 6.48 Å². The number of allylic oxidation sites excluding steroid dienone is 4. The molecule has 0 radical (unpaired) electrons. The molecule has 0 saturated heterocycles. The van der Waals surface area contributed by atoms with Gasteiger partial charge < -0.3 is 9.80 Å². The number of rotatable bonds is 6. The van der Waals surface area contributed by atoms with E-state index in [4.69, 9.17) is 19.4 Å². The first-order valence-electron chi connectivity index (χ1n) is 22.6. The standard InChI is InChI=1S/C54H63N2P.2ClH.Ru/c1-36-31-38(3)52(39(4)32-36)55-29-30-56(53-40(5)33-37(2)34-41(53)6)54(55)51-47(49-35-48(42-19-10-7-11-20-42)45-25-16-17-26-46(45)49)27-18-28-50(51)57(43-21-12-8-13-22-43)44-23-14-9-15-24-44;;;/h7,10-11,16-17,19-20,25-26,29-35,43-44,50H,8-9,12-15,18,21-24,27-28H2,1-6H3;2*1H;/q;;;+2/p-2. The fourth-order valence-electron chi connectivity index (χ4n) is 11.9. The number of hydrogen-bond donors (Lipinski definition) is 0. The summed E-state index contributed by atoms with van der Waals surface area (Å²) >= 11 is -0.346. The van der Waals surface area contributed by atoms with E-state index >= 15 is 0 Å². The van der Waals surface area contributed by atoms with Crippen LogP contribution in [0.25, 0.3) is 11.1 Å². The average Bonchev–Trinajstić information content (AvgIpc) is 3.84. The van der Waals surface area contributed by atoms with Crippen molar-refractivity contribution < 1.29 is 15.1 Å². The second-order valence-corrected chi connectivity index (χ2v) is 23.7. The van der Waals surface area contributed by atoms with E-state index in [1.165, 1.54) is 155 Å². The number of fused-ring (bicyclic) bond motifs is 1. The van der Waals surface area contributed by atoms with Crippen molar-refractivity contribution in [2.75, 3.05) is 9.80 Å². The molecule has 0 spiro atoms. The van der Waals surface area contributed by atoms with Crippen LogP contribution in [0.4, 0.5) is 11.4 Å². The molecule has 1 aliphatic heterocycles. The number of hydrogen-bond acceptors (Lipinski definition) is 2. The Morgan fingerprint density at radius 2 is 1.03 bits per heavy atom. The molecule has 6 heteroatoms. The third-order valence-corrected chi connectivity index (χ3v) is 17.9. The fourth-order valence-corrected chi connectivity index (χ4v) is 16.4. The van der Waals surface area contributed by atoms with Crippen molar-refractivity contribution in [3.8, 4) is 0 Å². The predicted molar refractivity (Wildman–Crippen MR) is 259 cm³/mol. The summed E-state index contributed by atoms with van der Waals surface area (Å²) in [6.45, 7) is 13.9. The van der Waals surface area contributed by atoms with Crippen molar-refractivity contribution in [3.05, 3.63) is 164 Å². The summed E-state index contributed by atoms with van der Waals surface area (Å²) in [5.41, 5.74) is 23.4. The van der Waals surface area contributed by atoms with Crippen LogP contribution in [0.5, 0.6) is 0 Å². The number of aryl methyl sites for hydroxylation is 6. The second kappa shape index (κ2) is 19.6. The molecule has 1 atom stereocenters. The van der Waals surface area contributed by atoms with Gasteiger partial charge in [0.1, 0.15) is 5.82 Å². The first-order chi connectivity index (χ1) is 29.2. The van der Waals surface area contributed by atoms with E-state index in [-0.39, 0.29) is 23.1 Å². The molecule has 2 nitrogen and oxygen atoms in total. The van der Waals surface area contributed by atoms with Crippen LogP contribution >= 0.6 is 27.3 Å². The Labute approximate surface area is 378 Å². The van der Waals surface area contributed by atoms with Crippen LogP contribution in [0, 0.1) is 41.5 Å². The Morgan fingerprint density at radius 1 is 0.567 bits per heavy atom. The first-order valence-corrected chi connectivity index (χ1v) is 28.6. The van der Waals surface area contributed by atoms with Crippen LogP contribution in [0.15, 0.2) is 114 Å². The molecule has 5 aliphatic rings. The normalized spacial score (nSPS) is 21.1. The zero-order valence-corrected chi connectivity index (χ0v) is 40.8. The third kappa shape index (κ3) is 8.83. The Morgan fingerprint density at radius 3 is 1.53 bits per heavy atom. The number of halogens is 2. The van der Waals surface area contributed by atoms with Gasteiger partial charge in [-0.15, -0.1) is 0 Å². The summed E-state index contributed by atoms with van der Waals surface area (Å²) in [6, 6.07) is 30.1. The Hall–Kier alpha value is -2.93. The molecule has 0 bridgehead atoms. The molecule has 9 rings (SSSR count). The molecule has 0 aromatic heterocycles. The van der Waals surface area contributed by atoms with E-state index in [0.717, 1.165) is 17.7 Å². The summed E-state index contributed by atoms with van der Waals surface area (Å²) in [5, 5.41) is 0. The van der Waals surface area contributed by atoms with E-state index in [1.807, 2.05) is 0 Å². The van der Waals surface area contributed by atoms with Crippen molar-refractivity contribution in [1.29, 1.82) is 0 Å². The summed E-state index contributed by atoms with van der Waals surface area (Å²) in [7, 11) is 9.46. The minimum atomic E-state index is -0.346. The number of anilines is 2. The van der Waals surface area contributed by atoms with Gasteiger partial charge in [0.2, 0.25) is 0 Å². The van der Waals surface area contributed by atoms with Gasteiger partial charge in [0, 0.05) is 23.6 Å². The minimum absolute atomic E-state index is 0.244. The SMILES string of the molecule is Cc1cc(C)c(N2C=CN(c3c(C)cc(C)cc3C)C2=C2C(=C3C=C(c4ccccc4)c4ccccc43)CCCC2P(C2CCCCC2)C2CCCCC2)c(C)c1.[Cl][Ru][Cl]. The van der Waals surface area contributed by atoms with Crippen LogP contribution in [-0.4, -0.2) is 17.0 Å². The second-order valence-electron chi connectivity index (χ2n) is 18.1. The predicted octanol–water partition coefficient (Wildman–Crippen LogP) is 16.5. The van der Waals surface area contributed by atoms with Crippen LogP contribution in [-0.2, 0) is 15.1 Å². The van der Waals surface area contributed by atoms with Crippen molar-refractivity contribution in [3.63, 3.8) is 0 Å². The van der Waals surface area contributed by atoms with Gasteiger partial charge in [-0.25, -0.2) is 0 Å². The van der Waals surface area contributed by atoms with Crippen LogP contribution in [0.2, 0.25) is 0 Å². The number of nitrogens with zero attached hydrogens (tertiary/aromatic N) is 2. The van der Waals surface area contributed by atoms with E-state index < -0.39 is 0 Å². The van der Waals surface area contributed by atoms with Crippen molar-refractivity contribution >= 4 is 49.8 Å². The van der Waals surface area contributed by atoms with Gasteiger partial charge in [-0.05, 0) is 160 Å². The van der Waals surface area contributed by atoms with Crippen molar-refractivity contribution in [1.82, 2.24) is 0 Å². The van der Waals surface area contributed by atoms with Gasteiger partial charge in [0.25, 0.3) is 0 Å². The molecule has 1 heterocycles. The van der Waals surface area contributed by atoms with Gasteiger partial charge in [-0.1, -0.05) is 136 Å². The maximum atomic E-state index is 4.85. The van der Waals surface area contributed by atoms with Crippen LogP contribution in [0.3, 0.4) is 0 Å². The van der Waals surface area contributed by atoms with Crippen LogP contribution < -0.4 is 9.80 Å². The summed E-state index contributed by atoms with van der Waals surface area (Å²) in [4.78, 5) is 5.32. The molecule has 4 aromatic carbocycles. The molecule has 4 aliphatic carbocycles. The van der Waals surface area contributed by atoms with Gasteiger partial charge >= 0.3 is 34.5 Å². The molecule has 1 unspecified atom stereocenters. The van der Waals surface area contributed by atoms with E-state index in [0.29, 0.717) is 5.66 Å².